The molecule has 1 N–H and O–H groups in total. The average Bonchev–Trinajstić information content (AvgIpc) is 2.44. The lowest BCUT2D eigenvalue weighted by atomic mass is 9.88. The van der Waals surface area contributed by atoms with Crippen molar-refractivity contribution >= 4 is 29.1 Å². The van der Waals surface area contributed by atoms with E-state index in [1.54, 1.807) is 12.1 Å². The topological polar surface area (TPSA) is 29.1 Å². The van der Waals surface area contributed by atoms with Crippen molar-refractivity contribution in [2.75, 3.05) is 6.54 Å². The fourth-order valence-electron chi connectivity index (χ4n) is 2.37. The fraction of sp³-hybridized carbons (Fsp3) is 0.235. The van der Waals surface area contributed by atoms with E-state index in [2.05, 4.69) is 5.32 Å². The summed E-state index contributed by atoms with van der Waals surface area (Å²) >= 11 is 11.9. The molecule has 2 rings (SSSR count). The van der Waals surface area contributed by atoms with Gasteiger partial charge in [-0.15, -0.1) is 0 Å². The molecule has 0 spiro atoms. The molecule has 0 aromatic heterocycles. The zero-order valence-corrected chi connectivity index (χ0v) is 13.5. The number of rotatable bonds is 4. The second-order valence-electron chi connectivity index (χ2n) is 4.88. The van der Waals surface area contributed by atoms with Crippen LogP contribution in [0.1, 0.15) is 29.5 Å². The standard InChI is InChI=1S/C17H17Cl2NO/c1-3-20-17(21)16(12-4-6-13(18)7-5-12)15-9-8-14(19)10-11(15)2/h4-10,16H,3H2,1-2H3,(H,20,21). The van der Waals surface area contributed by atoms with Gasteiger partial charge in [0.15, 0.2) is 0 Å². The number of nitrogens with one attached hydrogen (secondary N) is 1. The van der Waals surface area contributed by atoms with E-state index in [0.29, 0.717) is 16.6 Å². The molecule has 0 radical (unpaired) electrons. The van der Waals surface area contributed by atoms with E-state index in [1.807, 2.05) is 44.2 Å². The van der Waals surface area contributed by atoms with Crippen molar-refractivity contribution in [1.29, 1.82) is 0 Å². The number of hydrogen-bond donors (Lipinski definition) is 1. The van der Waals surface area contributed by atoms with Crippen LogP contribution in [0.4, 0.5) is 0 Å². The highest BCUT2D eigenvalue weighted by Gasteiger charge is 2.23. The quantitative estimate of drug-likeness (QED) is 0.878. The Morgan fingerprint density at radius 1 is 1.10 bits per heavy atom. The average molecular weight is 322 g/mol. The zero-order valence-electron chi connectivity index (χ0n) is 12.0. The molecule has 1 unspecified atom stereocenters. The number of likely N-dealkylation sites (N-methyl/N-ethyl adjacent to an activating group) is 1. The molecule has 110 valence electrons. The van der Waals surface area contributed by atoms with Crippen LogP contribution in [0, 0.1) is 6.92 Å². The molecule has 0 aliphatic heterocycles. The summed E-state index contributed by atoms with van der Waals surface area (Å²) in [7, 11) is 0. The van der Waals surface area contributed by atoms with Gasteiger partial charge in [-0.05, 0) is 54.8 Å². The Morgan fingerprint density at radius 3 is 2.29 bits per heavy atom. The Balaban J connectivity index is 2.50. The first-order valence-corrected chi connectivity index (χ1v) is 7.57. The Hall–Kier alpha value is -1.51. The number of aryl methyl sites for hydroxylation is 1. The molecule has 1 atom stereocenters. The van der Waals surface area contributed by atoms with Crippen LogP contribution in [-0.4, -0.2) is 12.5 Å². The predicted molar refractivity (Wildman–Crippen MR) is 88.2 cm³/mol. The molecule has 4 heteroatoms. The Kier molecular flexibility index (Phi) is 5.27. The molecule has 2 aromatic carbocycles. The van der Waals surface area contributed by atoms with Gasteiger partial charge >= 0.3 is 0 Å². The number of carbonyl (C=O) groups is 1. The lowest BCUT2D eigenvalue weighted by molar-refractivity contribution is -0.121. The van der Waals surface area contributed by atoms with Gasteiger partial charge < -0.3 is 5.32 Å². The number of benzene rings is 2. The minimum absolute atomic E-state index is 0.0229. The third-order valence-electron chi connectivity index (χ3n) is 3.36. The van der Waals surface area contributed by atoms with Gasteiger partial charge in [0.1, 0.15) is 0 Å². The first kappa shape index (κ1) is 15.9. The van der Waals surface area contributed by atoms with Crippen LogP contribution in [-0.2, 0) is 4.79 Å². The molecule has 0 aliphatic rings. The van der Waals surface area contributed by atoms with Crippen molar-refractivity contribution in [2.24, 2.45) is 0 Å². The van der Waals surface area contributed by atoms with Crippen LogP contribution >= 0.6 is 23.2 Å². The normalized spacial score (nSPS) is 12.0. The summed E-state index contributed by atoms with van der Waals surface area (Å²) in [5.74, 6) is -0.385. The molecule has 2 nitrogen and oxygen atoms in total. The van der Waals surface area contributed by atoms with E-state index in [4.69, 9.17) is 23.2 Å². The summed E-state index contributed by atoms with van der Waals surface area (Å²) in [6.07, 6.45) is 0. The van der Waals surface area contributed by atoms with Gasteiger partial charge in [-0.3, -0.25) is 4.79 Å². The van der Waals surface area contributed by atoms with Crippen LogP contribution in [0.2, 0.25) is 10.0 Å². The maximum Gasteiger partial charge on any atom is 0.232 e. The predicted octanol–water partition coefficient (Wildman–Crippen LogP) is 4.57. The van der Waals surface area contributed by atoms with Gasteiger partial charge in [-0.2, -0.15) is 0 Å². The van der Waals surface area contributed by atoms with Gasteiger partial charge in [-0.25, -0.2) is 0 Å². The van der Waals surface area contributed by atoms with Crippen molar-refractivity contribution in [3.05, 3.63) is 69.2 Å². The lowest BCUT2D eigenvalue weighted by Crippen LogP contribution is -2.30. The molecule has 0 saturated heterocycles. The molecule has 0 saturated carbocycles. The summed E-state index contributed by atoms with van der Waals surface area (Å²) in [5.41, 5.74) is 2.86. The molecular formula is C17H17Cl2NO. The van der Waals surface area contributed by atoms with Crippen molar-refractivity contribution < 1.29 is 4.79 Å². The van der Waals surface area contributed by atoms with Gasteiger partial charge in [0.05, 0.1) is 5.92 Å². The molecule has 0 heterocycles. The monoisotopic (exact) mass is 321 g/mol. The Morgan fingerprint density at radius 2 is 1.71 bits per heavy atom. The Labute approximate surface area is 135 Å². The van der Waals surface area contributed by atoms with Gasteiger partial charge in [0.2, 0.25) is 5.91 Å². The second-order valence-corrected chi connectivity index (χ2v) is 5.75. The second kappa shape index (κ2) is 6.97. The molecule has 1 amide bonds. The molecule has 2 aromatic rings. The smallest absolute Gasteiger partial charge is 0.232 e. The molecule has 0 fully saturated rings. The molecule has 0 aliphatic carbocycles. The summed E-state index contributed by atoms with van der Waals surface area (Å²) in [4.78, 5) is 12.5. The zero-order chi connectivity index (χ0) is 15.4. The van der Waals surface area contributed by atoms with Crippen LogP contribution in [0.25, 0.3) is 0 Å². The first-order valence-electron chi connectivity index (χ1n) is 6.82. The van der Waals surface area contributed by atoms with E-state index in [-0.39, 0.29) is 11.8 Å². The van der Waals surface area contributed by atoms with E-state index in [0.717, 1.165) is 16.7 Å². The largest absolute Gasteiger partial charge is 0.356 e. The van der Waals surface area contributed by atoms with Crippen LogP contribution in [0.5, 0.6) is 0 Å². The van der Waals surface area contributed by atoms with Gasteiger partial charge in [-0.1, -0.05) is 41.4 Å². The summed E-state index contributed by atoms with van der Waals surface area (Å²) in [6, 6.07) is 13.0. The number of carbonyl (C=O) groups excluding carboxylic acids is 1. The minimum atomic E-state index is -0.362. The summed E-state index contributed by atoms with van der Waals surface area (Å²) in [5, 5.41) is 4.22. The highest BCUT2D eigenvalue weighted by molar-refractivity contribution is 6.30. The number of halogens is 2. The number of amides is 1. The lowest BCUT2D eigenvalue weighted by Gasteiger charge is -2.19. The van der Waals surface area contributed by atoms with Crippen LogP contribution < -0.4 is 5.32 Å². The number of hydrogen-bond acceptors (Lipinski definition) is 1. The maximum atomic E-state index is 12.5. The highest BCUT2D eigenvalue weighted by Crippen LogP contribution is 2.30. The minimum Gasteiger partial charge on any atom is -0.356 e. The van der Waals surface area contributed by atoms with Crippen LogP contribution in [0.15, 0.2) is 42.5 Å². The van der Waals surface area contributed by atoms with Crippen molar-refractivity contribution in [2.45, 2.75) is 19.8 Å². The van der Waals surface area contributed by atoms with Crippen molar-refractivity contribution in [1.82, 2.24) is 5.32 Å². The maximum absolute atomic E-state index is 12.5. The van der Waals surface area contributed by atoms with Crippen molar-refractivity contribution in [3.8, 4) is 0 Å². The van der Waals surface area contributed by atoms with E-state index in [9.17, 15) is 4.79 Å². The summed E-state index contributed by atoms with van der Waals surface area (Å²) in [6.45, 7) is 4.46. The Bertz CT molecular complexity index is 638. The van der Waals surface area contributed by atoms with E-state index >= 15 is 0 Å². The molecule has 21 heavy (non-hydrogen) atoms. The summed E-state index contributed by atoms with van der Waals surface area (Å²) < 4.78 is 0. The van der Waals surface area contributed by atoms with Crippen molar-refractivity contribution in [3.63, 3.8) is 0 Å². The van der Waals surface area contributed by atoms with E-state index < -0.39 is 0 Å². The van der Waals surface area contributed by atoms with E-state index in [1.165, 1.54) is 0 Å². The first-order chi connectivity index (χ1) is 10.0. The fourth-order valence-corrected chi connectivity index (χ4v) is 2.72. The molecule has 0 bridgehead atoms. The third kappa shape index (κ3) is 3.78. The SMILES string of the molecule is CCNC(=O)C(c1ccc(Cl)cc1)c1ccc(Cl)cc1C. The van der Waals surface area contributed by atoms with Gasteiger partial charge in [0.25, 0.3) is 0 Å². The molecular weight excluding hydrogens is 305 g/mol. The third-order valence-corrected chi connectivity index (χ3v) is 3.85. The van der Waals surface area contributed by atoms with Crippen LogP contribution in [0.3, 0.4) is 0 Å². The highest BCUT2D eigenvalue weighted by atomic mass is 35.5. The van der Waals surface area contributed by atoms with Gasteiger partial charge in [0, 0.05) is 16.6 Å².